The van der Waals surface area contributed by atoms with Crippen molar-refractivity contribution in [1.29, 1.82) is 0 Å². The molecule has 0 aliphatic rings. The lowest BCUT2D eigenvalue weighted by Crippen LogP contribution is -2.30. The minimum absolute atomic E-state index is 0.0722. The number of rotatable bonds is 51. The van der Waals surface area contributed by atoms with E-state index in [2.05, 4.69) is 93.7 Å². The molecule has 0 aliphatic heterocycles. The fourth-order valence-corrected chi connectivity index (χ4v) is 7.98. The quantitative estimate of drug-likeness (QED) is 0.0262. The molecule has 0 spiro atoms. The molecule has 0 rings (SSSR count). The summed E-state index contributed by atoms with van der Waals surface area (Å²) in [6.45, 7) is 6.47. The van der Waals surface area contributed by atoms with Gasteiger partial charge in [0, 0.05) is 19.3 Å². The van der Waals surface area contributed by atoms with Crippen molar-refractivity contribution in [3.8, 4) is 0 Å². The number of carbonyl (C=O) groups excluding carboxylic acids is 3. The maximum atomic E-state index is 12.7. The van der Waals surface area contributed by atoms with E-state index in [9.17, 15) is 14.4 Å². The van der Waals surface area contributed by atoms with Crippen LogP contribution >= 0.6 is 0 Å². The van der Waals surface area contributed by atoms with Crippen molar-refractivity contribution in [3.63, 3.8) is 0 Å². The van der Waals surface area contributed by atoms with Gasteiger partial charge in [0.25, 0.3) is 0 Å². The van der Waals surface area contributed by atoms with Gasteiger partial charge in [-0.15, -0.1) is 0 Å². The zero-order valence-electron chi connectivity index (χ0n) is 44.2. The Morgan fingerprint density at radius 3 is 0.910 bits per heavy atom. The van der Waals surface area contributed by atoms with Gasteiger partial charge in [-0.2, -0.15) is 0 Å². The number of carbonyl (C=O) groups is 3. The van der Waals surface area contributed by atoms with Crippen LogP contribution in [0.4, 0.5) is 0 Å². The topological polar surface area (TPSA) is 78.9 Å². The number of esters is 3. The standard InChI is InChI=1S/C61H106O6/c1-4-7-10-13-16-18-20-22-23-24-25-26-27-28-29-30-31-32-33-34-35-36-37-38-39-40-42-43-45-48-51-54-60(63)66-57-58(56-65-59(62)53-50-47-15-12-9-6-3)67-61(64)55-52-49-46-44-41-21-19-17-14-11-8-5-2/h7,10,16,18,22-23,25-26,28-29,31-32,58H,4-6,8-9,11-15,17,19-21,24,27,30,33-57H2,1-3H3/b10-7-,18-16-,23-22-,26-25-,29-28-,32-31-. The van der Waals surface area contributed by atoms with Gasteiger partial charge in [0.15, 0.2) is 6.10 Å². The molecule has 1 unspecified atom stereocenters. The first-order valence-corrected chi connectivity index (χ1v) is 28.4. The van der Waals surface area contributed by atoms with E-state index >= 15 is 0 Å². The van der Waals surface area contributed by atoms with E-state index in [0.29, 0.717) is 19.3 Å². The molecule has 0 bridgehead atoms. The second-order valence-electron chi connectivity index (χ2n) is 18.8. The molecule has 67 heavy (non-hydrogen) atoms. The van der Waals surface area contributed by atoms with Gasteiger partial charge < -0.3 is 14.2 Å². The predicted molar refractivity (Wildman–Crippen MR) is 288 cm³/mol. The molecule has 0 radical (unpaired) electrons. The largest absolute Gasteiger partial charge is 0.462 e. The highest BCUT2D eigenvalue weighted by molar-refractivity contribution is 5.71. The molecule has 0 amide bonds. The summed E-state index contributed by atoms with van der Waals surface area (Å²) in [4.78, 5) is 37.8. The SMILES string of the molecule is CC/C=C\C/C=C\C/C=C\C/C=C\C/C=C\C/C=C\CCCCCCCCCCCCCCC(=O)OCC(COC(=O)CCCCCCCC)OC(=O)CCCCCCCCCCCCCC. The van der Waals surface area contributed by atoms with Crippen LogP contribution < -0.4 is 0 Å². The highest BCUT2D eigenvalue weighted by atomic mass is 16.6. The summed E-state index contributed by atoms with van der Waals surface area (Å²) in [5.74, 6) is -0.877. The van der Waals surface area contributed by atoms with Gasteiger partial charge in [-0.05, 0) is 70.6 Å². The zero-order valence-corrected chi connectivity index (χ0v) is 44.2. The summed E-state index contributed by atoms with van der Waals surface area (Å²) >= 11 is 0. The Morgan fingerprint density at radius 2 is 0.582 bits per heavy atom. The summed E-state index contributed by atoms with van der Waals surface area (Å²) in [5.41, 5.74) is 0. The summed E-state index contributed by atoms with van der Waals surface area (Å²) in [5, 5.41) is 0. The summed E-state index contributed by atoms with van der Waals surface area (Å²) in [7, 11) is 0. The van der Waals surface area contributed by atoms with Crippen molar-refractivity contribution < 1.29 is 28.6 Å². The molecule has 0 heterocycles. The minimum Gasteiger partial charge on any atom is -0.462 e. The van der Waals surface area contributed by atoms with E-state index in [-0.39, 0.29) is 31.1 Å². The fourth-order valence-electron chi connectivity index (χ4n) is 7.98. The smallest absolute Gasteiger partial charge is 0.306 e. The first-order chi connectivity index (χ1) is 33.0. The lowest BCUT2D eigenvalue weighted by atomic mass is 10.0. The van der Waals surface area contributed by atoms with Gasteiger partial charge in [0.2, 0.25) is 0 Å². The van der Waals surface area contributed by atoms with Crippen LogP contribution in [0.1, 0.15) is 278 Å². The van der Waals surface area contributed by atoms with E-state index in [4.69, 9.17) is 14.2 Å². The van der Waals surface area contributed by atoms with E-state index < -0.39 is 6.10 Å². The number of unbranched alkanes of at least 4 members (excludes halogenated alkanes) is 28. The third-order valence-corrected chi connectivity index (χ3v) is 12.2. The monoisotopic (exact) mass is 935 g/mol. The van der Waals surface area contributed by atoms with Crippen LogP contribution in [-0.2, 0) is 28.6 Å². The molecule has 0 fully saturated rings. The van der Waals surface area contributed by atoms with Crippen LogP contribution in [-0.4, -0.2) is 37.2 Å². The molecule has 6 nitrogen and oxygen atoms in total. The van der Waals surface area contributed by atoms with Crippen molar-refractivity contribution in [2.24, 2.45) is 0 Å². The van der Waals surface area contributed by atoms with Crippen LogP contribution in [0.25, 0.3) is 0 Å². The molecule has 0 saturated carbocycles. The molecular formula is C61H106O6. The molecular weight excluding hydrogens is 829 g/mol. The van der Waals surface area contributed by atoms with Gasteiger partial charge in [-0.1, -0.05) is 261 Å². The molecule has 0 aliphatic carbocycles. The normalized spacial score (nSPS) is 12.6. The van der Waals surface area contributed by atoms with Gasteiger partial charge in [0.05, 0.1) is 0 Å². The molecule has 0 saturated heterocycles. The number of ether oxygens (including phenoxy) is 3. The Morgan fingerprint density at radius 1 is 0.313 bits per heavy atom. The third-order valence-electron chi connectivity index (χ3n) is 12.2. The Bertz CT molecular complexity index is 1260. The lowest BCUT2D eigenvalue weighted by Gasteiger charge is -2.18. The molecule has 1 atom stereocenters. The first kappa shape index (κ1) is 63.8. The molecule has 0 N–H and O–H groups in total. The highest BCUT2D eigenvalue weighted by Crippen LogP contribution is 2.16. The predicted octanol–water partition coefficient (Wildman–Crippen LogP) is 19.0. The second-order valence-corrected chi connectivity index (χ2v) is 18.8. The van der Waals surface area contributed by atoms with Gasteiger partial charge in [0.1, 0.15) is 13.2 Å². The molecule has 0 aromatic heterocycles. The van der Waals surface area contributed by atoms with E-state index in [0.717, 1.165) is 96.3 Å². The summed E-state index contributed by atoms with van der Waals surface area (Å²) in [6, 6.07) is 0. The van der Waals surface area contributed by atoms with Crippen molar-refractivity contribution in [3.05, 3.63) is 72.9 Å². The van der Waals surface area contributed by atoms with Crippen LogP contribution in [0.3, 0.4) is 0 Å². The van der Waals surface area contributed by atoms with Crippen molar-refractivity contribution in [2.45, 2.75) is 284 Å². The third kappa shape index (κ3) is 53.7. The van der Waals surface area contributed by atoms with Crippen LogP contribution in [0.2, 0.25) is 0 Å². The Hall–Kier alpha value is -3.15. The van der Waals surface area contributed by atoms with Gasteiger partial charge in [-0.3, -0.25) is 14.4 Å². The van der Waals surface area contributed by atoms with Gasteiger partial charge >= 0.3 is 17.9 Å². The average molecular weight is 936 g/mol. The number of hydrogen-bond donors (Lipinski definition) is 0. The van der Waals surface area contributed by atoms with Crippen LogP contribution in [0, 0.1) is 0 Å². The minimum atomic E-state index is -0.768. The summed E-state index contributed by atoms with van der Waals surface area (Å²) in [6.07, 6.45) is 70.8. The Balaban J connectivity index is 4.02. The number of hydrogen-bond acceptors (Lipinski definition) is 6. The highest BCUT2D eigenvalue weighted by Gasteiger charge is 2.19. The van der Waals surface area contributed by atoms with Crippen molar-refractivity contribution in [1.82, 2.24) is 0 Å². The summed E-state index contributed by atoms with van der Waals surface area (Å²) < 4.78 is 16.7. The maximum absolute atomic E-state index is 12.7. The molecule has 0 aromatic rings. The fraction of sp³-hybridized carbons (Fsp3) is 0.754. The first-order valence-electron chi connectivity index (χ1n) is 28.4. The van der Waals surface area contributed by atoms with Gasteiger partial charge in [-0.25, -0.2) is 0 Å². The van der Waals surface area contributed by atoms with Crippen molar-refractivity contribution in [2.75, 3.05) is 13.2 Å². The maximum Gasteiger partial charge on any atom is 0.306 e. The van der Waals surface area contributed by atoms with E-state index in [1.807, 2.05) is 0 Å². The van der Waals surface area contributed by atoms with Crippen LogP contribution in [0.5, 0.6) is 0 Å². The zero-order chi connectivity index (χ0) is 48.6. The van der Waals surface area contributed by atoms with E-state index in [1.54, 1.807) is 0 Å². The van der Waals surface area contributed by atoms with Crippen LogP contribution in [0.15, 0.2) is 72.9 Å². The number of allylic oxidation sites excluding steroid dienone is 12. The molecule has 386 valence electrons. The lowest BCUT2D eigenvalue weighted by molar-refractivity contribution is -0.167. The van der Waals surface area contributed by atoms with E-state index in [1.165, 1.54) is 141 Å². The second kappa shape index (κ2) is 55.4. The van der Waals surface area contributed by atoms with Crippen molar-refractivity contribution >= 4 is 17.9 Å². The molecule has 0 aromatic carbocycles. The Labute approximate surface area is 414 Å². The molecule has 6 heteroatoms. The Kier molecular flexibility index (Phi) is 52.8. The average Bonchev–Trinajstić information content (AvgIpc) is 3.33.